The predicted molar refractivity (Wildman–Crippen MR) is 140 cm³/mol. The van der Waals surface area contributed by atoms with Crippen LogP contribution in [0.5, 0.6) is 0 Å². The van der Waals surface area contributed by atoms with Gasteiger partial charge in [0.2, 0.25) is 11.8 Å². The van der Waals surface area contributed by atoms with Crippen LogP contribution in [0.15, 0.2) is 48.7 Å². The summed E-state index contributed by atoms with van der Waals surface area (Å²) in [4.78, 5) is 42.5. The highest BCUT2D eigenvalue weighted by atomic mass is 35.5. The van der Waals surface area contributed by atoms with E-state index in [0.29, 0.717) is 29.7 Å². The third-order valence-corrected chi connectivity index (χ3v) is 7.45. The van der Waals surface area contributed by atoms with Gasteiger partial charge in [0.1, 0.15) is 11.9 Å². The van der Waals surface area contributed by atoms with Gasteiger partial charge >= 0.3 is 6.03 Å². The second-order valence-corrected chi connectivity index (χ2v) is 10.5. The molecule has 3 aromatic rings. The molecule has 1 saturated carbocycles. The first-order chi connectivity index (χ1) is 17.7. The molecule has 8 nitrogen and oxygen atoms in total. The SMILES string of the molecule is CC(=O)n1cc(NC(=O)N2[C@@H]3C[C@@H]3C[C@H]2C(=O)N[C@H](CN(C)C)c2cccc(Cl)c2F)c2ccccc21. The molecule has 10 heteroatoms. The van der Waals surface area contributed by atoms with Crippen molar-refractivity contribution in [1.29, 1.82) is 0 Å². The Bertz CT molecular complexity index is 1390. The molecule has 37 heavy (non-hydrogen) atoms. The minimum atomic E-state index is -0.684. The van der Waals surface area contributed by atoms with Crippen LogP contribution in [0, 0.1) is 11.7 Å². The zero-order valence-electron chi connectivity index (χ0n) is 20.9. The monoisotopic (exact) mass is 525 g/mol. The van der Waals surface area contributed by atoms with Gasteiger partial charge in [-0.25, -0.2) is 9.18 Å². The lowest BCUT2D eigenvalue weighted by atomic mass is 10.0. The first kappa shape index (κ1) is 25.2. The van der Waals surface area contributed by atoms with Crippen LogP contribution < -0.4 is 10.6 Å². The van der Waals surface area contributed by atoms with Crippen LogP contribution in [0.25, 0.3) is 10.9 Å². The average molecular weight is 526 g/mol. The van der Waals surface area contributed by atoms with Crippen LogP contribution in [0.3, 0.4) is 0 Å². The summed E-state index contributed by atoms with van der Waals surface area (Å²) < 4.78 is 16.3. The molecular weight excluding hydrogens is 497 g/mol. The van der Waals surface area contributed by atoms with E-state index in [9.17, 15) is 18.8 Å². The Morgan fingerprint density at radius 3 is 2.62 bits per heavy atom. The fourth-order valence-corrected chi connectivity index (χ4v) is 5.53. The fraction of sp³-hybridized carbons (Fsp3) is 0.370. The van der Waals surface area contributed by atoms with Crippen LogP contribution in [-0.4, -0.2) is 64.9 Å². The number of aromatic nitrogens is 1. The van der Waals surface area contributed by atoms with Gasteiger partial charge in [0.15, 0.2) is 0 Å². The van der Waals surface area contributed by atoms with E-state index in [-0.39, 0.29) is 28.8 Å². The number of anilines is 1. The normalized spacial score (nSPS) is 21.1. The average Bonchev–Trinajstić information content (AvgIpc) is 3.35. The molecule has 2 fully saturated rings. The maximum absolute atomic E-state index is 14.8. The molecule has 2 N–H and O–H groups in total. The molecule has 1 aliphatic heterocycles. The van der Waals surface area contributed by atoms with Gasteiger partial charge in [-0.2, -0.15) is 0 Å². The number of carbonyl (C=O) groups excluding carboxylic acids is 3. The lowest BCUT2D eigenvalue weighted by Crippen LogP contribution is -2.51. The van der Waals surface area contributed by atoms with Gasteiger partial charge in [-0.3, -0.25) is 14.2 Å². The number of fused-ring (bicyclic) bond motifs is 2. The molecule has 0 radical (unpaired) electrons. The summed E-state index contributed by atoms with van der Waals surface area (Å²) in [5.74, 6) is -0.811. The van der Waals surface area contributed by atoms with Crippen molar-refractivity contribution in [3.05, 3.63) is 65.1 Å². The van der Waals surface area contributed by atoms with Crippen molar-refractivity contribution in [2.45, 2.75) is 37.9 Å². The molecule has 4 atom stereocenters. The Morgan fingerprint density at radius 2 is 1.89 bits per heavy atom. The van der Waals surface area contributed by atoms with E-state index in [1.54, 1.807) is 23.2 Å². The number of hydrogen-bond donors (Lipinski definition) is 2. The molecule has 0 unspecified atom stereocenters. The first-order valence-electron chi connectivity index (χ1n) is 12.2. The lowest BCUT2D eigenvalue weighted by molar-refractivity contribution is -0.126. The zero-order valence-corrected chi connectivity index (χ0v) is 21.6. The number of carbonyl (C=O) groups is 3. The number of likely N-dealkylation sites (N-methyl/N-ethyl adjacent to an activating group) is 1. The highest BCUT2D eigenvalue weighted by Crippen LogP contribution is 2.48. The van der Waals surface area contributed by atoms with Crippen molar-refractivity contribution in [3.63, 3.8) is 0 Å². The Hall–Kier alpha value is -3.43. The summed E-state index contributed by atoms with van der Waals surface area (Å²) in [6, 6.07) is 10.3. The highest BCUT2D eigenvalue weighted by Gasteiger charge is 2.56. The van der Waals surface area contributed by atoms with E-state index < -0.39 is 23.9 Å². The molecule has 2 aromatic carbocycles. The summed E-state index contributed by atoms with van der Waals surface area (Å²) in [7, 11) is 3.67. The zero-order chi connectivity index (χ0) is 26.4. The predicted octanol–water partition coefficient (Wildman–Crippen LogP) is 4.51. The Balaban J connectivity index is 1.37. The first-order valence-corrected chi connectivity index (χ1v) is 12.6. The molecule has 0 spiro atoms. The van der Waals surface area contributed by atoms with E-state index in [2.05, 4.69) is 10.6 Å². The van der Waals surface area contributed by atoms with Crippen molar-refractivity contribution >= 4 is 46.0 Å². The van der Waals surface area contributed by atoms with E-state index in [1.165, 1.54) is 17.6 Å². The summed E-state index contributed by atoms with van der Waals surface area (Å²) in [6.07, 6.45) is 3.00. The van der Waals surface area contributed by atoms with Crippen LogP contribution in [0.1, 0.15) is 36.2 Å². The largest absolute Gasteiger partial charge is 0.346 e. The molecule has 0 bridgehead atoms. The quantitative estimate of drug-likeness (QED) is 0.496. The summed E-state index contributed by atoms with van der Waals surface area (Å²) in [5, 5.41) is 6.62. The van der Waals surface area contributed by atoms with Crippen LogP contribution in [-0.2, 0) is 4.79 Å². The number of nitrogens with one attached hydrogen (secondary N) is 2. The second kappa shape index (κ2) is 9.79. The molecule has 1 aliphatic carbocycles. The molecular formula is C27H29ClFN5O3. The van der Waals surface area contributed by atoms with E-state index in [4.69, 9.17) is 11.6 Å². The number of piperidine rings is 1. The molecule has 194 valence electrons. The summed E-state index contributed by atoms with van der Waals surface area (Å²) in [6.45, 7) is 1.82. The van der Waals surface area contributed by atoms with Gasteiger partial charge in [0, 0.05) is 36.7 Å². The van der Waals surface area contributed by atoms with Gasteiger partial charge in [0.25, 0.3) is 0 Å². The van der Waals surface area contributed by atoms with E-state index >= 15 is 0 Å². The van der Waals surface area contributed by atoms with Gasteiger partial charge in [-0.1, -0.05) is 41.9 Å². The van der Waals surface area contributed by atoms with Crippen molar-refractivity contribution < 1.29 is 18.8 Å². The standard InChI is InChI=1S/C27H29ClFN5O3/c1-15(35)33-14-21(17-7-4-5-10-22(17)33)31-27(37)34-23-11-16(23)12-24(34)26(36)30-20(13-32(2)3)18-8-6-9-19(28)25(18)29/h4-10,14,16,20,23-24H,11-13H2,1-3H3,(H,30,36)(H,31,37)/t16-,20-,23-,24+/m1/s1. The Labute approximate surface area is 219 Å². The number of urea groups is 1. The van der Waals surface area contributed by atoms with Crippen molar-refractivity contribution in [2.75, 3.05) is 26.0 Å². The second-order valence-electron chi connectivity index (χ2n) is 10.1. The van der Waals surface area contributed by atoms with Crippen LogP contribution in [0.4, 0.5) is 14.9 Å². The number of halogens is 2. The Morgan fingerprint density at radius 1 is 1.14 bits per heavy atom. The number of rotatable bonds is 6. The van der Waals surface area contributed by atoms with Gasteiger partial charge < -0.3 is 20.4 Å². The number of amides is 3. The maximum atomic E-state index is 14.8. The molecule has 2 heterocycles. The summed E-state index contributed by atoms with van der Waals surface area (Å²) >= 11 is 6.00. The molecule has 1 aromatic heterocycles. The number of para-hydroxylation sites is 1. The third-order valence-electron chi connectivity index (χ3n) is 7.16. The smallest absolute Gasteiger partial charge is 0.322 e. The minimum Gasteiger partial charge on any atom is -0.346 e. The van der Waals surface area contributed by atoms with Gasteiger partial charge in [-0.05, 0) is 45.0 Å². The van der Waals surface area contributed by atoms with Gasteiger partial charge in [-0.15, -0.1) is 0 Å². The topological polar surface area (TPSA) is 86.7 Å². The molecule has 5 rings (SSSR count). The number of likely N-dealkylation sites (tertiary alicyclic amines) is 1. The van der Waals surface area contributed by atoms with Crippen molar-refractivity contribution in [1.82, 2.24) is 19.7 Å². The maximum Gasteiger partial charge on any atom is 0.322 e. The minimum absolute atomic E-state index is 0.0108. The van der Waals surface area contributed by atoms with Gasteiger partial charge in [0.05, 0.1) is 22.3 Å². The number of nitrogens with zero attached hydrogens (tertiary/aromatic N) is 3. The highest BCUT2D eigenvalue weighted by molar-refractivity contribution is 6.30. The number of hydrogen-bond acceptors (Lipinski definition) is 4. The Kier molecular flexibility index (Phi) is 6.68. The molecule has 1 saturated heterocycles. The molecule has 3 amide bonds. The third kappa shape index (κ3) is 4.81. The van der Waals surface area contributed by atoms with Crippen LogP contribution >= 0.6 is 11.6 Å². The van der Waals surface area contributed by atoms with E-state index in [0.717, 1.165) is 11.8 Å². The summed E-state index contributed by atoms with van der Waals surface area (Å²) in [5.41, 5.74) is 1.50. The van der Waals surface area contributed by atoms with Crippen LogP contribution in [0.2, 0.25) is 5.02 Å². The lowest BCUT2D eigenvalue weighted by Gasteiger charge is -2.30. The van der Waals surface area contributed by atoms with Crippen molar-refractivity contribution in [3.8, 4) is 0 Å². The van der Waals surface area contributed by atoms with E-state index in [1.807, 2.05) is 43.3 Å². The fourth-order valence-electron chi connectivity index (χ4n) is 5.35. The van der Waals surface area contributed by atoms with Crippen molar-refractivity contribution in [2.24, 2.45) is 5.92 Å². The number of benzene rings is 2. The molecule has 2 aliphatic rings.